The molecule has 1 aliphatic rings. The van der Waals surface area contributed by atoms with Crippen molar-refractivity contribution in [1.82, 2.24) is 24.5 Å². The van der Waals surface area contributed by atoms with Gasteiger partial charge in [0.25, 0.3) is 0 Å². The fourth-order valence-corrected chi connectivity index (χ4v) is 5.06. The Hall–Kier alpha value is -3.11. The summed E-state index contributed by atoms with van der Waals surface area (Å²) in [6.07, 6.45) is 5.96. The summed E-state index contributed by atoms with van der Waals surface area (Å²) in [4.78, 5) is 12.7. The highest BCUT2D eigenvalue weighted by atomic mass is 32.2. The Morgan fingerprint density at radius 3 is 2.44 bits per heavy atom. The van der Waals surface area contributed by atoms with Crippen LogP contribution in [0.3, 0.4) is 0 Å². The van der Waals surface area contributed by atoms with E-state index in [1.54, 1.807) is 25.2 Å². The minimum Gasteiger partial charge on any atom is -0.368 e. The first kappa shape index (κ1) is 23.6. The summed E-state index contributed by atoms with van der Waals surface area (Å²) in [5.74, 6) is -0.106. The summed E-state index contributed by atoms with van der Waals surface area (Å²) in [5, 5.41) is 12.6. The van der Waals surface area contributed by atoms with Crippen LogP contribution < -0.4 is 5.73 Å². The second-order valence-electron chi connectivity index (χ2n) is 7.85. The molecule has 1 aromatic heterocycles. The van der Waals surface area contributed by atoms with E-state index in [1.807, 2.05) is 37.3 Å². The Kier molecular flexibility index (Phi) is 7.05. The van der Waals surface area contributed by atoms with Crippen molar-refractivity contribution in [2.45, 2.75) is 38.6 Å². The van der Waals surface area contributed by atoms with Gasteiger partial charge in [0, 0.05) is 13.1 Å². The molecule has 0 spiro atoms. The number of amides is 1. The highest BCUT2D eigenvalue weighted by Crippen LogP contribution is 2.40. The van der Waals surface area contributed by atoms with Crippen LogP contribution in [0.2, 0.25) is 0 Å². The van der Waals surface area contributed by atoms with E-state index in [-0.39, 0.29) is 11.4 Å². The summed E-state index contributed by atoms with van der Waals surface area (Å²) < 4.78 is 27.7. The van der Waals surface area contributed by atoms with Gasteiger partial charge in [-0.1, -0.05) is 54.6 Å². The number of hydrogen-bond donors (Lipinski definition) is 1. The minimum absolute atomic E-state index is 0.167. The summed E-state index contributed by atoms with van der Waals surface area (Å²) in [7, 11) is -3.60. The van der Waals surface area contributed by atoms with Crippen molar-refractivity contribution in [1.29, 1.82) is 0 Å². The van der Waals surface area contributed by atoms with Crippen LogP contribution in [0.15, 0.2) is 65.6 Å². The average molecular weight is 457 g/mol. The van der Waals surface area contributed by atoms with Crippen LogP contribution in [-0.2, 0) is 26.8 Å². The van der Waals surface area contributed by atoms with Gasteiger partial charge in [-0.15, -0.1) is 10.2 Å². The first-order valence-electron chi connectivity index (χ1n) is 10.3. The normalized spacial score (nSPS) is 17.8. The molecule has 3 rings (SSSR count). The summed E-state index contributed by atoms with van der Waals surface area (Å²) in [6, 6.07) is 9.73. The number of aromatic nitrogens is 4. The van der Waals surface area contributed by atoms with Crippen molar-refractivity contribution in [3.8, 4) is 0 Å². The number of allylic oxidation sites excluding steroid dienone is 5. The molecule has 1 fully saturated rings. The second-order valence-corrected chi connectivity index (χ2v) is 9.96. The fraction of sp³-hybridized carbons (Fsp3) is 0.364. The molecule has 0 saturated carbocycles. The van der Waals surface area contributed by atoms with E-state index in [2.05, 4.69) is 22.0 Å². The van der Waals surface area contributed by atoms with Crippen molar-refractivity contribution in [3.63, 3.8) is 0 Å². The molecule has 32 heavy (non-hydrogen) atoms. The second kappa shape index (κ2) is 9.58. The smallest absolute Gasteiger partial charge is 0.241 e. The molecule has 2 heterocycles. The zero-order valence-corrected chi connectivity index (χ0v) is 19.1. The number of hydrogen-bond acceptors (Lipinski definition) is 6. The van der Waals surface area contributed by atoms with Crippen LogP contribution in [0.1, 0.15) is 38.1 Å². The molecule has 1 saturated heterocycles. The van der Waals surface area contributed by atoms with Crippen LogP contribution in [0.25, 0.3) is 0 Å². The van der Waals surface area contributed by atoms with Crippen molar-refractivity contribution < 1.29 is 13.2 Å². The van der Waals surface area contributed by atoms with E-state index in [0.29, 0.717) is 31.8 Å². The van der Waals surface area contributed by atoms with Crippen molar-refractivity contribution >= 4 is 15.9 Å². The van der Waals surface area contributed by atoms with Crippen LogP contribution >= 0.6 is 0 Å². The van der Waals surface area contributed by atoms with Gasteiger partial charge in [-0.2, -0.15) is 9.10 Å². The van der Waals surface area contributed by atoms with E-state index >= 15 is 0 Å². The van der Waals surface area contributed by atoms with Gasteiger partial charge in [-0.3, -0.25) is 4.79 Å². The number of primary amides is 1. The Morgan fingerprint density at radius 2 is 1.84 bits per heavy atom. The maximum atomic E-state index is 13.1. The van der Waals surface area contributed by atoms with Gasteiger partial charge in [0.15, 0.2) is 5.82 Å². The molecule has 0 radical (unpaired) electrons. The van der Waals surface area contributed by atoms with Crippen molar-refractivity contribution in [2.24, 2.45) is 5.73 Å². The monoisotopic (exact) mass is 456 g/mol. The van der Waals surface area contributed by atoms with E-state index in [0.717, 1.165) is 11.1 Å². The summed E-state index contributed by atoms with van der Waals surface area (Å²) in [5.41, 5.74) is 6.50. The van der Waals surface area contributed by atoms with Gasteiger partial charge in [0.1, 0.15) is 6.54 Å². The topological polar surface area (TPSA) is 124 Å². The van der Waals surface area contributed by atoms with Crippen LogP contribution in [-0.4, -0.2) is 51.9 Å². The first-order valence-corrected chi connectivity index (χ1v) is 11.7. The molecule has 0 atom stereocenters. The molecular weight excluding hydrogens is 428 g/mol. The van der Waals surface area contributed by atoms with Gasteiger partial charge in [0.05, 0.1) is 10.3 Å². The lowest BCUT2D eigenvalue weighted by Crippen LogP contribution is -2.46. The molecule has 170 valence electrons. The number of carbonyl (C=O) groups excluding carboxylic acids is 1. The predicted octanol–water partition coefficient (Wildman–Crippen LogP) is 1.91. The lowest BCUT2D eigenvalue weighted by atomic mass is 9.72. The van der Waals surface area contributed by atoms with E-state index in [4.69, 9.17) is 5.73 Å². The fourth-order valence-electron chi connectivity index (χ4n) is 3.75. The number of benzene rings is 1. The van der Waals surface area contributed by atoms with E-state index in [9.17, 15) is 13.2 Å². The molecule has 2 N–H and O–H groups in total. The van der Waals surface area contributed by atoms with Gasteiger partial charge >= 0.3 is 0 Å². The highest BCUT2D eigenvalue weighted by Gasteiger charge is 2.44. The maximum Gasteiger partial charge on any atom is 0.241 e. The number of sulfonamides is 1. The third kappa shape index (κ3) is 4.86. The third-order valence-corrected chi connectivity index (χ3v) is 7.73. The molecule has 10 heteroatoms. The molecule has 0 aliphatic carbocycles. The summed E-state index contributed by atoms with van der Waals surface area (Å²) in [6.45, 7) is 7.57. The third-order valence-electron chi connectivity index (χ3n) is 5.73. The highest BCUT2D eigenvalue weighted by molar-refractivity contribution is 7.93. The Balaban J connectivity index is 1.90. The largest absolute Gasteiger partial charge is 0.368 e. The zero-order valence-electron chi connectivity index (χ0n) is 18.3. The quantitative estimate of drug-likeness (QED) is 0.605. The van der Waals surface area contributed by atoms with Gasteiger partial charge in [-0.25, -0.2) is 8.42 Å². The van der Waals surface area contributed by atoms with Gasteiger partial charge < -0.3 is 5.73 Å². The van der Waals surface area contributed by atoms with Crippen LogP contribution in [0.4, 0.5) is 0 Å². The molecule has 0 unspecified atom stereocenters. The van der Waals surface area contributed by atoms with Gasteiger partial charge in [-0.05, 0) is 43.5 Å². The predicted molar refractivity (Wildman–Crippen MR) is 122 cm³/mol. The lowest BCUT2D eigenvalue weighted by molar-refractivity contribution is -0.119. The van der Waals surface area contributed by atoms with E-state index < -0.39 is 21.3 Å². The standard InChI is InChI=1S/C22H28N6O3S/c1-4-17(2)10-11-18(3)32(30,31)27-14-12-22(13-15-27,19-8-6-5-7-9-19)21-24-26-28(25-21)16-20(23)29/h4-11H,1,12-16H2,2-3H3,(H2,23,29)/b17-10-,18-11+. The molecule has 9 nitrogen and oxygen atoms in total. The number of tetrazole rings is 1. The van der Waals surface area contributed by atoms with Gasteiger partial charge in [0.2, 0.25) is 15.9 Å². The number of nitrogens with zero attached hydrogens (tertiary/aromatic N) is 5. The Labute approximate surface area is 188 Å². The van der Waals surface area contributed by atoms with Crippen molar-refractivity contribution in [2.75, 3.05) is 13.1 Å². The lowest BCUT2D eigenvalue weighted by Gasteiger charge is -2.39. The number of carbonyl (C=O) groups is 1. The molecule has 2 aromatic rings. The molecule has 1 amide bonds. The number of piperidine rings is 1. The Bertz CT molecular complexity index is 1140. The van der Waals surface area contributed by atoms with E-state index in [1.165, 1.54) is 9.10 Å². The van der Waals surface area contributed by atoms with Crippen molar-refractivity contribution in [3.05, 3.63) is 77.0 Å². The SMILES string of the molecule is C=C/C(C)=C\C=C(/C)S(=O)(=O)N1CCC(c2ccccc2)(c2nnn(CC(N)=O)n2)CC1. The molecular formula is C22H28N6O3S. The van der Waals surface area contributed by atoms with Crippen LogP contribution in [0.5, 0.6) is 0 Å². The first-order chi connectivity index (χ1) is 15.2. The maximum absolute atomic E-state index is 13.1. The molecule has 0 bridgehead atoms. The molecule has 1 aliphatic heterocycles. The molecule has 1 aromatic carbocycles. The summed E-state index contributed by atoms with van der Waals surface area (Å²) >= 11 is 0. The number of rotatable bonds is 8. The Morgan fingerprint density at radius 1 is 1.19 bits per heavy atom. The average Bonchev–Trinajstić information content (AvgIpc) is 3.26. The van der Waals surface area contributed by atoms with Crippen LogP contribution in [0, 0.1) is 0 Å². The number of nitrogens with two attached hydrogens (primary N) is 1. The minimum atomic E-state index is -3.60. The zero-order chi connectivity index (χ0) is 23.4.